The molecule has 2 aromatic rings. The van der Waals surface area contributed by atoms with Gasteiger partial charge in [0.25, 0.3) is 5.91 Å². The van der Waals surface area contributed by atoms with Crippen LogP contribution < -0.4 is 10.1 Å². The summed E-state index contributed by atoms with van der Waals surface area (Å²) in [5.41, 5.74) is 1.21. The summed E-state index contributed by atoms with van der Waals surface area (Å²) in [7, 11) is 1.56. The van der Waals surface area contributed by atoms with Crippen LogP contribution in [0.4, 0.5) is 5.69 Å². The molecule has 0 aliphatic rings. The molecule has 2 aromatic carbocycles. The number of carbonyl (C=O) groups is 2. The van der Waals surface area contributed by atoms with Crippen LogP contribution in [0.15, 0.2) is 54.6 Å². The lowest BCUT2D eigenvalue weighted by Crippen LogP contribution is -2.26. The maximum absolute atomic E-state index is 12.8. The fourth-order valence-corrected chi connectivity index (χ4v) is 2.41. The Morgan fingerprint density at radius 1 is 1.04 bits per heavy atom. The van der Waals surface area contributed by atoms with Gasteiger partial charge in [0.1, 0.15) is 5.75 Å². The second-order valence-electron chi connectivity index (χ2n) is 6.43. The van der Waals surface area contributed by atoms with E-state index in [4.69, 9.17) is 9.47 Å². The smallest absolute Gasteiger partial charge is 0.306 e. The molecule has 0 aliphatic heterocycles. The number of nitrogens with one attached hydrogen (secondary N) is 1. The Hall–Kier alpha value is -2.82. The van der Waals surface area contributed by atoms with Crippen molar-refractivity contribution in [2.45, 2.75) is 32.8 Å². The molecule has 26 heavy (non-hydrogen) atoms. The van der Waals surface area contributed by atoms with Crippen molar-refractivity contribution < 1.29 is 19.1 Å². The molecule has 0 fully saturated rings. The third kappa shape index (κ3) is 5.92. The van der Waals surface area contributed by atoms with Crippen molar-refractivity contribution >= 4 is 17.6 Å². The topological polar surface area (TPSA) is 64.6 Å². The van der Waals surface area contributed by atoms with Crippen molar-refractivity contribution in [2.75, 3.05) is 12.4 Å². The third-order valence-corrected chi connectivity index (χ3v) is 3.85. The molecule has 1 amide bonds. The number of anilines is 1. The summed E-state index contributed by atoms with van der Waals surface area (Å²) in [6.45, 7) is 4.08. The number of carbonyl (C=O) groups excluding carboxylic acids is 2. The minimum absolute atomic E-state index is 0.285. The average molecular weight is 355 g/mol. The molecule has 0 bridgehead atoms. The first-order valence-corrected chi connectivity index (χ1v) is 8.69. The van der Waals surface area contributed by atoms with Crippen LogP contribution in [0.3, 0.4) is 0 Å². The predicted molar refractivity (Wildman–Crippen MR) is 101 cm³/mol. The number of amides is 1. The van der Waals surface area contributed by atoms with Crippen molar-refractivity contribution in [3.63, 3.8) is 0 Å². The van der Waals surface area contributed by atoms with Gasteiger partial charge in [0.05, 0.1) is 7.11 Å². The third-order valence-electron chi connectivity index (χ3n) is 3.85. The summed E-state index contributed by atoms with van der Waals surface area (Å²) in [4.78, 5) is 24.9. The lowest BCUT2D eigenvalue weighted by molar-refractivity contribution is -0.155. The summed E-state index contributed by atoms with van der Waals surface area (Å²) in [5.74, 6) is 0.243. The van der Waals surface area contributed by atoms with E-state index in [1.165, 1.54) is 0 Å². The molecule has 0 heterocycles. The molecule has 138 valence electrons. The van der Waals surface area contributed by atoms with Gasteiger partial charge < -0.3 is 14.8 Å². The first kappa shape index (κ1) is 19.5. The zero-order valence-electron chi connectivity index (χ0n) is 15.4. The molecule has 5 nitrogen and oxygen atoms in total. The lowest BCUT2D eigenvalue weighted by Gasteiger charge is -2.18. The van der Waals surface area contributed by atoms with Gasteiger partial charge in [-0.1, -0.05) is 50.2 Å². The average Bonchev–Trinajstić information content (AvgIpc) is 2.65. The Bertz CT molecular complexity index is 728. The van der Waals surface area contributed by atoms with Crippen molar-refractivity contribution in [1.82, 2.24) is 0 Å². The van der Waals surface area contributed by atoms with Gasteiger partial charge in [0.2, 0.25) is 6.10 Å². The SMILES string of the molecule is COc1cccc(NC(=O)[C@H](OC(=O)CCC(C)C)c2ccccc2)c1. The van der Waals surface area contributed by atoms with Gasteiger partial charge >= 0.3 is 5.97 Å². The van der Waals surface area contributed by atoms with E-state index < -0.39 is 12.0 Å². The van der Waals surface area contributed by atoms with Crippen LogP contribution in [-0.4, -0.2) is 19.0 Å². The van der Waals surface area contributed by atoms with Gasteiger partial charge in [-0.2, -0.15) is 0 Å². The van der Waals surface area contributed by atoms with E-state index >= 15 is 0 Å². The van der Waals surface area contributed by atoms with Gasteiger partial charge in [0, 0.05) is 23.7 Å². The van der Waals surface area contributed by atoms with E-state index in [9.17, 15) is 9.59 Å². The van der Waals surface area contributed by atoms with Gasteiger partial charge in [-0.25, -0.2) is 0 Å². The Kier molecular flexibility index (Phi) is 7.21. The van der Waals surface area contributed by atoms with Gasteiger partial charge in [0.15, 0.2) is 0 Å². The highest BCUT2D eigenvalue weighted by atomic mass is 16.5. The zero-order valence-corrected chi connectivity index (χ0v) is 15.4. The van der Waals surface area contributed by atoms with Crippen LogP contribution in [0.2, 0.25) is 0 Å². The maximum Gasteiger partial charge on any atom is 0.306 e. The van der Waals surface area contributed by atoms with Gasteiger partial charge in [-0.15, -0.1) is 0 Å². The van der Waals surface area contributed by atoms with Crippen molar-refractivity contribution in [2.24, 2.45) is 5.92 Å². The zero-order chi connectivity index (χ0) is 18.9. The largest absolute Gasteiger partial charge is 0.497 e. The van der Waals surface area contributed by atoms with Gasteiger partial charge in [-0.05, 0) is 24.5 Å². The Balaban J connectivity index is 2.14. The number of hydrogen-bond acceptors (Lipinski definition) is 4. The minimum atomic E-state index is -0.998. The molecule has 0 unspecified atom stereocenters. The van der Waals surface area contributed by atoms with Crippen LogP contribution in [-0.2, 0) is 14.3 Å². The van der Waals surface area contributed by atoms with E-state index in [0.717, 1.165) is 6.42 Å². The molecule has 0 saturated heterocycles. The van der Waals surface area contributed by atoms with Crippen molar-refractivity contribution in [3.05, 3.63) is 60.2 Å². The second kappa shape index (κ2) is 9.61. The minimum Gasteiger partial charge on any atom is -0.497 e. The Morgan fingerprint density at radius 2 is 1.77 bits per heavy atom. The van der Waals surface area contributed by atoms with Crippen LogP contribution >= 0.6 is 0 Å². The number of benzene rings is 2. The molecule has 5 heteroatoms. The standard InChI is InChI=1S/C21H25NO4/c1-15(2)12-13-19(23)26-20(16-8-5-4-6-9-16)21(24)22-17-10-7-11-18(14-17)25-3/h4-11,14-15,20H,12-13H2,1-3H3,(H,22,24)/t20-/m1/s1. The fourth-order valence-electron chi connectivity index (χ4n) is 2.41. The Morgan fingerprint density at radius 3 is 2.42 bits per heavy atom. The summed E-state index contributed by atoms with van der Waals surface area (Å²) in [5, 5.41) is 2.79. The highest BCUT2D eigenvalue weighted by Gasteiger charge is 2.25. The van der Waals surface area contributed by atoms with E-state index in [0.29, 0.717) is 22.9 Å². The van der Waals surface area contributed by atoms with Crippen molar-refractivity contribution in [1.29, 1.82) is 0 Å². The quantitative estimate of drug-likeness (QED) is 0.715. The van der Waals surface area contributed by atoms with Crippen LogP contribution in [0, 0.1) is 5.92 Å². The van der Waals surface area contributed by atoms with Crippen molar-refractivity contribution in [3.8, 4) is 5.75 Å². The monoisotopic (exact) mass is 355 g/mol. The maximum atomic E-state index is 12.8. The number of ether oxygens (including phenoxy) is 2. The van der Waals surface area contributed by atoms with Crippen LogP contribution in [0.5, 0.6) is 5.75 Å². The summed E-state index contributed by atoms with van der Waals surface area (Å²) in [6.07, 6.45) is 0.00715. The molecule has 0 radical (unpaired) electrons. The second-order valence-corrected chi connectivity index (χ2v) is 6.43. The fraction of sp³-hybridized carbons (Fsp3) is 0.333. The molecule has 0 spiro atoms. The lowest BCUT2D eigenvalue weighted by atomic mass is 10.1. The highest BCUT2D eigenvalue weighted by Crippen LogP contribution is 2.23. The molecule has 0 aliphatic carbocycles. The molecular weight excluding hydrogens is 330 g/mol. The molecule has 1 atom stereocenters. The van der Waals surface area contributed by atoms with Crippen LogP contribution in [0.1, 0.15) is 38.4 Å². The number of methoxy groups -OCH3 is 1. The summed E-state index contributed by atoms with van der Waals surface area (Å²) < 4.78 is 10.7. The highest BCUT2D eigenvalue weighted by molar-refractivity contribution is 5.96. The number of esters is 1. The van der Waals surface area contributed by atoms with E-state index in [1.54, 1.807) is 43.5 Å². The molecular formula is C21H25NO4. The summed E-state index contributed by atoms with van der Waals surface area (Å²) >= 11 is 0. The predicted octanol–water partition coefficient (Wildman–Crippen LogP) is 4.35. The van der Waals surface area contributed by atoms with E-state index in [-0.39, 0.29) is 12.4 Å². The Labute approximate surface area is 154 Å². The molecule has 0 saturated carbocycles. The van der Waals surface area contributed by atoms with E-state index in [2.05, 4.69) is 5.32 Å². The molecule has 1 N–H and O–H groups in total. The first-order chi connectivity index (χ1) is 12.5. The van der Waals surface area contributed by atoms with E-state index in [1.807, 2.05) is 32.0 Å². The number of hydrogen-bond donors (Lipinski definition) is 1. The molecule has 0 aromatic heterocycles. The van der Waals surface area contributed by atoms with Crippen LogP contribution in [0.25, 0.3) is 0 Å². The number of rotatable bonds is 8. The first-order valence-electron chi connectivity index (χ1n) is 8.69. The summed E-state index contributed by atoms with van der Waals surface area (Å²) in [6, 6.07) is 16.0. The van der Waals surface area contributed by atoms with Gasteiger partial charge in [-0.3, -0.25) is 9.59 Å². The normalized spacial score (nSPS) is 11.7. The molecule has 2 rings (SSSR count).